The number of carbonyl (C=O) groups is 3. The molecule has 3 N–H and O–H groups in total. The number of hydrogen-bond donors (Lipinski definition) is 3. The Balaban J connectivity index is 1.57. The van der Waals surface area contributed by atoms with Crippen LogP contribution >= 0.6 is 0 Å². The topological polar surface area (TPSA) is 112 Å². The molecule has 0 aliphatic carbocycles. The van der Waals surface area contributed by atoms with Crippen molar-refractivity contribution in [2.45, 2.75) is 12.1 Å². The minimum atomic E-state index is -1.66. The number of benzene rings is 2. The molecule has 2 aromatic carbocycles. The van der Waals surface area contributed by atoms with Crippen LogP contribution in [0.25, 0.3) is 11.0 Å². The predicted molar refractivity (Wildman–Crippen MR) is 97.4 cm³/mol. The van der Waals surface area contributed by atoms with Crippen LogP contribution in [0, 0.1) is 5.82 Å². The Morgan fingerprint density at radius 1 is 1.14 bits per heavy atom. The van der Waals surface area contributed by atoms with Crippen molar-refractivity contribution in [3.05, 3.63) is 65.2 Å². The maximum Gasteiger partial charge on any atom is 0.322 e. The van der Waals surface area contributed by atoms with Crippen LogP contribution < -0.4 is 10.6 Å². The Morgan fingerprint density at radius 2 is 1.97 bits per heavy atom. The van der Waals surface area contributed by atoms with Crippen molar-refractivity contribution < 1.29 is 28.3 Å². The molecule has 5 rings (SSSR count). The number of imide groups is 1. The minimum Gasteiger partial charge on any atom is -0.508 e. The Labute approximate surface area is 162 Å². The number of urea groups is 1. The normalized spacial score (nSPS) is 20.9. The minimum absolute atomic E-state index is 0.0418. The van der Waals surface area contributed by atoms with Crippen LogP contribution in [-0.4, -0.2) is 34.4 Å². The number of phenolic OH excluding ortho intramolecular Hbond substituents is 1. The van der Waals surface area contributed by atoms with Gasteiger partial charge in [0, 0.05) is 23.6 Å². The van der Waals surface area contributed by atoms with E-state index in [-0.39, 0.29) is 36.1 Å². The Bertz CT molecular complexity index is 1220. The average molecular weight is 395 g/mol. The molecule has 1 saturated heterocycles. The number of aromatic hydroxyl groups is 1. The number of hydrogen-bond acceptors (Lipinski definition) is 5. The lowest BCUT2D eigenvalue weighted by Crippen LogP contribution is -2.52. The van der Waals surface area contributed by atoms with E-state index in [9.17, 15) is 23.9 Å². The highest BCUT2D eigenvalue weighted by molar-refractivity contribution is 6.08. The third kappa shape index (κ3) is 2.54. The molecule has 0 spiro atoms. The number of furan rings is 1. The van der Waals surface area contributed by atoms with Crippen LogP contribution in [0.2, 0.25) is 0 Å². The zero-order valence-corrected chi connectivity index (χ0v) is 14.9. The molecule has 0 saturated carbocycles. The van der Waals surface area contributed by atoms with Gasteiger partial charge in [0.2, 0.25) is 0 Å². The Hall–Kier alpha value is -3.88. The first-order chi connectivity index (χ1) is 13.9. The van der Waals surface area contributed by atoms with Crippen molar-refractivity contribution in [3.63, 3.8) is 0 Å². The molecule has 0 radical (unpaired) electrons. The van der Waals surface area contributed by atoms with E-state index in [2.05, 4.69) is 10.6 Å². The molecule has 146 valence electrons. The van der Waals surface area contributed by atoms with Gasteiger partial charge in [-0.05, 0) is 35.9 Å². The highest BCUT2D eigenvalue weighted by Gasteiger charge is 2.53. The van der Waals surface area contributed by atoms with Gasteiger partial charge in [0.15, 0.2) is 5.54 Å². The maximum atomic E-state index is 13.5. The van der Waals surface area contributed by atoms with Gasteiger partial charge in [-0.3, -0.25) is 14.9 Å². The molecule has 4 amide bonds. The second kappa shape index (κ2) is 5.81. The van der Waals surface area contributed by atoms with Crippen molar-refractivity contribution in [1.29, 1.82) is 0 Å². The van der Waals surface area contributed by atoms with Crippen molar-refractivity contribution >= 4 is 28.8 Å². The number of amides is 4. The van der Waals surface area contributed by atoms with Crippen molar-refractivity contribution in [1.82, 2.24) is 15.5 Å². The number of phenols is 1. The van der Waals surface area contributed by atoms with Gasteiger partial charge >= 0.3 is 6.03 Å². The summed E-state index contributed by atoms with van der Waals surface area (Å²) in [6.45, 7) is 0.00928. The fourth-order valence-electron chi connectivity index (χ4n) is 3.83. The van der Waals surface area contributed by atoms with Gasteiger partial charge in [0.1, 0.15) is 22.9 Å². The first-order valence-electron chi connectivity index (χ1n) is 8.80. The van der Waals surface area contributed by atoms with E-state index in [1.165, 1.54) is 35.2 Å². The van der Waals surface area contributed by atoms with E-state index in [0.29, 0.717) is 16.5 Å². The molecule has 9 heteroatoms. The molecule has 0 bridgehead atoms. The predicted octanol–water partition coefficient (Wildman–Crippen LogP) is 1.97. The summed E-state index contributed by atoms with van der Waals surface area (Å²) in [5.41, 5.74) is -0.419. The van der Waals surface area contributed by atoms with E-state index in [4.69, 9.17) is 4.42 Å². The van der Waals surface area contributed by atoms with E-state index in [1.807, 2.05) is 0 Å². The molecule has 3 aromatic rings. The molecule has 0 unspecified atom stereocenters. The van der Waals surface area contributed by atoms with Gasteiger partial charge in [-0.1, -0.05) is 6.07 Å². The van der Waals surface area contributed by atoms with Crippen LogP contribution in [0.4, 0.5) is 9.18 Å². The standard InChI is InChI=1S/C20H14FN3O5/c21-12-3-1-10-5-16(29-15(10)6-12)20(18(27)22-19(28)23-20)9-24-8-11-2-4-13(25)7-14(11)17(24)26/h1-7,25H,8-9H2,(H2,22,23,27,28)/t20-/m0/s1. The van der Waals surface area contributed by atoms with Crippen molar-refractivity contribution in [2.75, 3.05) is 6.54 Å². The van der Waals surface area contributed by atoms with Crippen molar-refractivity contribution in [2.24, 2.45) is 0 Å². The Morgan fingerprint density at radius 3 is 2.72 bits per heavy atom. The van der Waals surface area contributed by atoms with Crippen LogP contribution in [0.3, 0.4) is 0 Å². The molecule has 1 atom stereocenters. The summed E-state index contributed by atoms with van der Waals surface area (Å²) in [5, 5.41) is 15.0. The van der Waals surface area contributed by atoms with Gasteiger partial charge < -0.3 is 19.7 Å². The smallest absolute Gasteiger partial charge is 0.322 e. The lowest BCUT2D eigenvalue weighted by molar-refractivity contribution is -0.125. The van der Waals surface area contributed by atoms with Gasteiger partial charge in [0.25, 0.3) is 11.8 Å². The fourth-order valence-corrected chi connectivity index (χ4v) is 3.83. The summed E-state index contributed by atoms with van der Waals surface area (Å²) in [5.74, 6) is -1.51. The third-order valence-electron chi connectivity index (χ3n) is 5.24. The molecule has 2 aliphatic rings. The number of fused-ring (bicyclic) bond motifs is 2. The van der Waals surface area contributed by atoms with Gasteiger partial charge in [0.05, 0.1) is 6.54 Å². The van der Waals surface area contributed by atoms with E-state index in [0.717, 1.165) is 0 Å². The summed E-state index contributed by atoms with van der Waals surface area (Å²) in [6.07, 6.45) is 0. The molecule has 1 fully saturated rings. The zero-order chi connectivity index (χ0) is 20.3. The molecule has 1 aromatic heterocycles. The van der Waals surface area contributed by atoms with E-state index in [1.54, 1.807) is 12.1 Å². The Kier molecular flexibility index (Phi) is 3.45. The second-order valence-electron chi connectivity index (χ2n) is 7.11. The quantitative estimate of drug-likeness (QED) is 0.587. The first kappa shape index (κ1) is 17.2. The molecule has 8 nitrogen and oxygen atoms in total. The SMILES string of the molecule is O=C1NC(=O)[C@](CN2Cc3ccc(O)cc3C2=O)(c2cc3ccc(F)cc3o2)N1. The van der Waals surface area contributed by atoms with Gasteiger partial charge in [-0.15, -0.1) is 0 Å². The molecule has 2 aliphatic heterocycles. The maximum absolute atomic E-state index is 13.5. The third-order valence-corrected chi connectivity index (χ3v) is 5.24. The monoisotopic (exact) mass is 395 g/mol. The largest absolute Gasteiger partial charge is 0.508 e. The van der Waals surface area contributed by atoms with Gasteiger partial charge in [-0.25, -0.2) is 9.18 Å². The molecule has 3 heterocycles. The summed E-state index contributed by atoms with van der Waals surface area (Å²) >= 11 is 0. The molecular weight excluding hydrogens is 381 g/mol. The van der Waals surface area contributed by atoms with Crippen molar-refractivity contribution in [3.8, 4) is 5.75 Å². The van der Waals surface area contributed by atoms with E-state index >= 15 is 0 Å². The lowest BCUT2D eigenvalue weighted by Gasteiger charge is -2.29. The summed E-state index contributed by atoms with van der Waals surface area (Å²) < 4.78 is 19.2. The van der Waals surface area contributed by atoms with Crippen LogP contribution in [0.15, 0.2) is 46.9 Å². The van der Waals surface area contributed by atoms with Crippen LogP contribution in [0.5, 0.6) is 5.75 Å². The number of halogens is 1. The second-order valence-corrected chi connectivity index (χ2v) is 7.11. The summed E-state index contributed by atoms with van der Waals surface area (Å²) in [6, 6.07) is 9.23. The zero-order valence-electron chi connectivity index (χ0n) is 14.9. The number of nitrogens with one attached hydrogen (secondary N) is 2. The number of rotatable bonds is 3. The number of nitrogens with zero attached hydrogens (tertiary/aromatic N) is 1. The molecular formula is C20H14FN3O5. The highest BCUT2D eigenvalue weighted by atomic mass is 19.1. The lowest BCUT2D eigenvalue weighted by atomic mass is 9.95. The number of carbonyl (C=O) groups excluding carboxylic acids is 3. The summed E-state index contributed by atoms with van der Waals surface area (Å²) in [4.78, 5) is 38.9. The van der Waals surface area contributed by atoms with E-state index < -0.39 is 23.3 Å². The van der Waals surface area contributed by atoms with Gasteiger partial charge in [-0.2, -0.15) is 0 Å². The first-order valence-corrected chi connectivity index (χ1v) is 8.80. The average Bonchev–Trinajstić information content (AvgIpc) is 3.31. The summed E-state index contributed by atoms with van der Waals surface area (Å²) in [7, 11) is 0. The van der Waals surface area contributed by atoms with Crippen LogP contribution in [0.1, 0.15) is 21.7 Å². The van der Waals surface area contributed by atoms with Crippen LogP contribution in [-0.2, 0) is 16.9 Å². The highest BCUT2D eigenvalue weighted by Crippen LogP contribution is 2.35. The molecule has 29 heavy (non-hydrogen) atoms. The fraction of sp³-hybridized carbons (Fsp3) is 0.150.